The normalized spacial score (nSPS) is 15.5. The first-order valence-electron chi connectivity index (χ1n) is 5.18. The Morgan fingerprint density at radius 1 is 1.20 bits per heavy atom. The molecular weight excluding hydrogens is 234 g/mol. The van der Waals surface area contributed by atoms with Gasteiger partial charge in [-0.3, -0.25) is 8.74 Å². The molecule has 0 aliphatic rings. The molecule has 0 heterocycles. The smallest absolute Gasteiger partial charge is 0.266 e. The lowest BCUT2D eigenvalue weighted by molar-refractivity contribution is 0.293. The first kappa shape index (κ1) is 15.2. The van der Waals surface area contributed by atoms with Crippen molar-refractivity contribution in [3.8, 4) is 0 Å². The molecule has 1 N–H and O–H groups in total. The van der Waals surface area contributed by atoms with Crippen LogP contribution in [0.3, 0.4) is 0 Å². The number of unbranched alkanes of at least 4 members (excludes halogenated alkanes) is 4. The highest BCUT2D eigenvalue weighted by Crippen LogP contribution is 2.04. The van der Waals surface area contributed by atoms with Gasteiger partial charge in [-0.1, -0.05) is 19.3 Å². The van der Waals surface area contributed by atoms with Gasteiger partial charge in [0.05, 0.1) is 6.61 Å². The summed E-state index contributed by atoms with van der Waals surface area (Å²) in [4.78, 5) is 2.17. The van der Waals surface area contributed by atoms with Gasteiger partial charge < -0.3 is 4.90 Å². The summed E-state index contributed by atoms with van der Waals surface area (Å²) in [6.45, 7) is 1.40. The molecule has 0 bridgehead atoms. The number of rotatable bonds is 9. The number of hydrogen-bond acceptors (Lipinski definition) is 4. The Labute approximate surface area is 97.7 Å². The molecule has 92 valence electrons. The van der Waals surface area contributed by atoms with Crippen LogP contribution in [0.15, 0.2) is 0 Å². The zero-order chi connectivity index (χ0) is 11.7. The van der Waals surface area contributed by atoms with E-state index in [2.05, 4.69) is 34.4 Å². The fourth-order valence-corrected chi connectivity index (χ4v) is 1.76. The first-order valence-corrected chi connectivity index (χ1v) is 7.55. The van der Waals surface area contributed by atoms with Gasteiger partial charge in [0.2, 0.25) is 0 Å². The Bertz CT molecular complexity index is 240. The van der Waals surface area contributed by atoms with E-state index in [1.807, 2.05) is 0 Å². The third-order valence-corrected chi connectivity index (χ3v) is 2.74. The highest BCUT2D eigenvalue weighted by atomic mass is 32.9. The van der Waals surface area contributed by atoms with E-state index in [0.29, 0.717) is 0 Å². The van der Waals surface area contributed by atoms with Crippen molar-refractivity contribution in [3.63, 3.8) is 0 Å². The minimum absolute atomic E-state index is 0.284. The van der Waals surface area contributed by atoms with E-state index >= 15 is 0 Å². The van der Waals surface area contributed by atoms with Gasteiger partial charge in [-0.05, 0) is 33.5 Å². The molecule has 6 heteroatoms. The van der Waals surface area contributed by atoms with Crippen LogP contribution in [0.1, 0.15) is 32.1 Å². The van der Waals surface area contributed by atoms with Crippen molar-refractivity contribution in [3.05, 3.63) is 0 Å². The predicted molar refractivity (Wildman–Crippen MR) is 65.7 cm³/mol. The summed E-state index contributed by atoms with van der Waals surface area (Å²) in [6.07, 6.45) is 5.36. The van der Waals surface area contributed by atoms with Crippen LogP contribution in [0, 0.1) is 0 Å². The molecule has 15 heavy (non-hydrogen) atoms. The Morgan fingerprint density at radius 2 is 1.73 bits per heavy atom. The van der Waals surface area contributed by atoms with Crippen molar-refractivity contribution >= 4 is 20.2 Å². The average Bonchev–Trinajstić information content (AvgIpc) is 2.07. The van der Waals surface area contributed by atoms with Crippen LogP contribution in [-0.2, 0) is 24.4 Å². The summed E-state index contributed by atoms with van der Waals surface area (Å²) in [5.41, 5.74) is 0. The summed E-state index contributed by atoms with van der Waals surface area (Å²) in [6, 6.07) is 0. The van der Waals surface area contributed by atoms with Crippen molar-refractivity contribution in [2.75, 3.05) is 27.2 Å². The van der Waals surface area contributed by atoms with E-state index in [9.17, 15) is 4.21 Å². The van der Waals surface area contributed by atoms with Crippen LogP contribution < -0.4 is 0 Å². The van der Waals surface area contributed by atoms with Crippen molar-refractivity contribution in [1.29, 1.82) is 0 Å². The SMILES string of the molecule is CN(C)CCCCCCCOS(=O)(O)=S. The zero-order valence-electron chi connectivity index (χ0n) is 9.48. The second-order valence-corrected chi connectivity index (χ2v) is 6.18. The lowest BCUT2D eigenvalue weighted by Crippen LogP contribution is -2.12. The van der Waals surface area contributed by atoms with Crippen LogP contribution >= 0.6 is 0 Å². The van der Waals surface area contributed by atoms with Gasteiger partial charge in [-0.15, -0.1) is 0 Å². The fourth-order valence-electron chi connectivity index (χ4n) is 1.22. The van der Waals surface area contributed by atoms with Crippen molar-refractivity contribution in [2.45, 2.75) is 32.1 Å². The Hall–Kier alpha value is 0.250. The molecule has 0 radical (unpaired) electrons. The lowest BCUT2D eigenvalue weighted by Gasteiger charge is -2.08. The van der Waals surface area contributed by atoms with Crippen LogP contribution in [0.25, 0.3) is 0 Å². The van der Waals surface area contributed by atoms with Gasteiger partial charge in [-0.25, -0.2) is 0 Å². The third-order valence-electron chi connectivity index (χ3n) is 1.98. The Balaban J connectivity index is 3.12. The summed E-state index contributed by atoms with van der Waals surface area (Å²) >= 11 is 4.19. The molecule has 0 amide bonds. The van der Waals surface area contributed by atoms with E-state index in [-0.39, 0.29) is 6.61 Å². The molecule has 0 aliphatic carbocycles. The topological polar surface area (TPSA) is 49.8 Å². The molecule has 0 aliphatic heterocycles. The standard InChI is InChI=1S/C9H21NO3S2/c1-10(2)8-6-4-3-5-7-9-13-15(11,12)14/h3-9H2,1-2H3,(H,11,12,14). The Morgan fingerprint density at radius 3 is 2.27 bits per heavy atom. The lowest BCUT2D eigenvalue weighted by atomic mass is 10.1. The summed E-state index contributed by atoms with van der Waals surface area (Å²) in [5.74, 6) is 0. The van der Waals surface area contributed by atoms with E-state index in [0.717, 1.165) is 25.8 Å². The number of hydrogen-bond donors (Lipinski definition) is 1. The van der Waals surface area contributed by atoms with Gasteiger partial charge in [0.25, 0.3) is 9.05 Å². The van der Waals surface area contributed by atoms with Gasteiger partial charge in [-0.2, -0.15) is 4.21 Å². The van der Waals surface area contributed by atoms with E-state index in [1.165, 1.54) is 12.8 Å². The quantitative estimate of drug-likeness (QED) is 0.635. The largest absolute Gasteiger partial charge is 0.309 e. The van der Waals surface area contributed by atoms with Crippen LogP contribution in [-0.4, -0.2) is 40.9 Å². The number of nitrogens with zero attached hydrogens (tertiary/aromatic N) is 1. The van der Waals surface area contributed by atoms with E-state index in [1.54, 1.807) is 0 Å². The molecule has 0 saturated carbocycles. The molecule has 4 nitrogen and oxygen atoms in total. The van der Waals surface area contributed by atoms with Gasteiger partial charge in [0, 0.05) is 11.2 Å². The maximum Gasteiger partial charge on any atom is 0.266 e. The second-order valence-electron chi connectivity index (χ2n) is 3.82. The second kappa shape index (κ2) is 8.41. The molecule has 0 fully saturated rings. The molecule has 0 saturated heterocycles. The summed E-state index contributed by atoms with van der Waals surface area (Å²) in [5, 5.41) is 0. The van der Waals surface area contributed by atoms with Crippen molar-refractivity contribution in [2.24, 2.45) is 0 Å². The monoisotopic (exact) mass is 255 g/mol. The molecule has 0 spiro atoms. The highest BCUT2D eigenvalue weighted by Gasteiger charge is 1.98. The molecular formula is C9H21NO3S2. The van der Waals surface area contributed by atoms with Crippen LogP contribution in [0.4, 0.5) is 0 Å². The van der Waals surface area contributed by atoms with Crippen LogP contribution in [0.5, 0.6) is 0 Å². The molecule has 0 aromatic carbocycles. The summed E-state index contributed by atoms with van der Waals surface area (Å²) < 4.78 is 23.7. The van der Waals surface area contributed by atoms with Crippen LogP contribution in [0.2, 0.25) is 0 Å². The van der Waals surface area contributed by atoms with E-state index < -0.39 is 9.05 Å². The molecule has 0 rings (SSSR count). The van der Waals surface area contributed by atoms with E-state index in [4.69, 9.17) is 4.55 Å². The summed E-state index contributed by atoms with van der Waals surface area (Å²) in [7, 11) is 0.723. The van der Waals surface area contributed by atoms with Crippen molar-refractivity contribution < 1.29 is 12.9 Å². The maximum atomic E-state index is 10.5. The van der Waals surface area contributed by atoms with Gasteiger partial charge in [0.1, 0.15) is 0 Å². The predicted octanol–water partition coefficient (Wildman–Crippen LogP) is 1.65. The minimum atomic E-state index is -3.41. The molecule has 1 atom stereocenters. The molecule has 1 unspecified atom stereocenters. The highest BCUT2D eigenvalue weighted by molar-refractivity contribution is 8.27. The molecule has 0 aromatic heterocycles. The Kier molecular flexibility index (Phi) is 8.55. The molecule has 0 aromatic rings. The zero-order valence-corrected chi connectivity index (χ0v) is 11.1. The van der Waals surface area contributed by atoms with Gasteiger partial charge >= 0.3 is 0 Å². The third kappa shape index (κ3) is 14.2. The van der Waals surface area contributed by atoms with Crippen molar-refractivity contribution in [1.82, 2.24) is 4.90 Å². The first-order chi connectivity index (χ1) is 6.92. The minimum Gasteiger partial charge on any atom is -0.309 e. The maximum absolute atomic E-state index is 10.5. The fraction of sp³-hybridized carbons (Fsp3) is 1.00. The van der Waals surface area contributed by atoms with Gasteiger partial charge in [0.15, 0.2) is 0 Å². The average molecular weight is 255 g/mol.